The van der Waals surface area contributed by atoms with Crippen LogP contribution in [0.15, 0.2) is 65.2 Å². The fourth-order valence-electron chi connectivity index (χ4n) is 8.91. The molecule has 2 bridgehead atoms. The number of hydrogen-bond acceptors (Lipinski definition) is 7. The summed E-state index contributed by atoms with van der Waals surface area (Å²) < 4.78 is 6.41. The molecule has 284 valence electrons. The van der Waals surface area contributed by atoms with Crippen molar-refractivity contribution in [3.63, 3.8) is 0 Å². The molecule has 0 saturated carbocycles. The predicted octanol–water partition coefficient (Wildman–Crippen LogP) is 7.43. The molecule has 2 saturated heterocycles. The van der Waals surface area contributed by atoms with E-state index >= 15 is 0 Å². The Bertz CT molecular complexity index is 2420. The zero-order valence-electron chi connectivity index (χ0n) is 32.1. The first-order chi connectivity index (χ1) is 26.6. The highest BCUT2D eigenvalue weighted by molar-refractivity contribution is 6.09. The van der Waals surface area contributed by atoms with Crippen LogP contribution in [0.3, 0.4) is 0 Å². The third-order valence-corrected chi connectivity index (χ3v) is 12.2. The number of aromatic amines is 2. The van der Waals surface area contributed by atoms with Crippen LogP contribution in [-0.4, -0.2) is 66.7 Å². The Kier molecular flexibility index (Phi) is 8.89. The van der Waals surface area contributed by atoms with E-state index < -0.39 is 12.1 Å². The average molecular weight is 739 g/mol. The van der Waals surface area contributed by atoms with E-state index in [1.54, 1.807) is 0 Å². The minimum absolute atomic E-state index is 0.00283. The summed E-state index contributed by atoms with van der Waals surface area (Å²) in [5, 5.41) is 2.34. The lowest BCUT2D eigenvalue weighted by Gasteiger charge is -2.27. The number of nitrogens with one attached hydrogen (secondary N) is 2. The number of nitrogens with zero attached hydrogens (tertiary/aromatic N) is 4. The van der Waals surface area contributed by atoms with Gasteiger partial charge in [0.15, 0.2) is 0 Å². The lowest BCUT2D eigenvalue weighted by Crippen LogP contribution is -2.46. The lowest BCUT2D eigenvalue weighted by molar-refractivity contribution is -0.135. The van der Waals surface area contributed by atoms with Gasteiger partial charge < -0.3 is 35.7 Å². The maximum Gasteiger partial charge on any atom is 0.240 e. The van der Waals surface area contributed by atoms with Crippen molar-refractivity contribution in [3.8, 4) is 33.5 Å². The molecule has 0 aliphatic carbocycles. The number of aromatic nitrogens is 4. The molecule has 3 aromatic carbocycles. The Labute approximate surface area is 320 Å². The Hall–Kier alpha value is -5.26. The van der Waals surface area contributed by atoms with E-state index in [1.165, 1.54) is 10.8 Å². The van der Waals surface area contributed by atoms with Gasteiger partial charge in [0.1, 0.15) is 23.2 Å². The molecule has 6 N–H and O–H groups in total. The zero-order chi connectivity index (χ0) is 38.1. The minimum atomic E-state index is -0.515. The van der Waals surface area contributed by atoms with Gasteiger partial charge >= 0.3 is 0 Å². The molecule has 0 spiro atoms. The third kappa shape index (κ3) is 6.04. The number of H-pyrrole nitrogens is 2. The molecule has 4 atom stereocenters. The number of rotatable bonds is 9. The number of nitrogens with two attached hydrogens (primary N) is 2. The molecule has 55 heavy (non-hydrogen) atoms. The second-order valence-corrected chi connectivity index (χ2v) is 16.4. The molecule has 2 amide bonds. The highest BCUT2D eigenvalue weighted by Gasteiger charge is 2.37. The van der Waals surface area contributed by atoms with Gasteiger partial charge in [0, 0.05) is 36.7 Å². The topological polar surface area (TPSA) is 163 Å². The molecule has 3 aromatic heterocycles. The molecule has 11 heteroatoms. The molecule has 2 fully saturated rings. The van der Waals surface area contributed by atoms with Gasteiger partial charge in [-0.1, -0.05) is 70.2 Å². The van der Waals surface area contributed by atoms with Gasteiger partial charge in [-0.3, -0.25) is 9.59 Å². The van der Waals surface area contributed by atoms with Crippen molar-refractivity contribution >= 4 is 33.6 Å². The van der Waals surface area contributed by atoms with Crippen molar-refractivity contribution in [1.29, 1.82) is 0 Å². The van der Waals surface area contributed by atoms with Crippen molar-refractivity contribution in [2.24, 2.45) is 23.3 Å². The number of benzene rings is 3. The first-order valence-corrected chi connectivity index (χ1v) is 19.9. The second kappa shape index (κ2) is 13.8. The molecule has 0 radical (unpaired) electrons. The summed E-state index contributed by atoms with van der Waals surface area (Å²) >= 11 is 0. The number of carbonyl (C=O) groups excluding carboxylic acids is 2. The Morgan fingerprint density at radius 3 is 1.87 bits per heavy atom. The largest absolute Gasteiger partial charge is 0.465 e. The third-order valence-electron chi connectivity index (χ3n) is 12.2. The monoisotopic (exact) mass is 738 g/mol. The van der Waals surface area contributed by atoms with Crippen molar-refractivity contribution in [3.05, 3.63) is 84.0 Å². The number of likely N-dealkylation sites (tertiary alicyclic amines) is 2. The average Bonchev–Trinajstić information content (AvgIpc) is 4.05. The van der Waals surface area contributed by atoms with E-state index in [0.29, 0.717) is 13.1 Å². The molecule has 11 nitrogen and oxygen atoms in total. The fourth-order valence-corrected chi connectivity index (χ4v) is 8.91. The Balaban J connectivity index is 0.989. The normalized spacial score (nSPS) is 19.5. The van der Waals surface area contributed by atoms with Crippen LogP contribution >= 0.6 is 0 Å². The number of furan rings is 1. The van der Waals surface area contributed by atoms with Crippen LogP contribution in [0, 0.1) is 11.8 Å². The van der Waals surface area contributed by atoms with E-state index in [9.17, 15) is 9.59 Å². The van der Waals surface area contributed by atoms with E-state index in [4.69, 9.17) is 25.9 Å². The van der Waals surface area contributed by atoms with Crippen LogP contribution in [-0.2, 0) is 22.4 Å². The Morgan fingerprint density at radius 2 is 1.27 bits per heavy atom. The second-order valence-electron chi connectivity index (χ2n) is 16.4. The highest BCUT2D eigenvalue weighted by Crippen LogP contribution is 2.45. The van der Waals surface area contributed by atoms with E-state index in [1.807, 2.05) is 43.7 Å². The minimum Gasteiger partial charge on any atom is -0.465 e. The van der Waals surface area contributed by atoms with E-state index in [0.717, 1.165) is 106 Å². The van der Waals surface area contributed by atoms with Crippen molar-refractivity contribution in [2.75, 3.05) is 13.1 Å². The summed E-state index contributed by atoms with van der Waals surface area (Å²) in [7, 11) is 0. The summed E-state index contributed by atoms with van der Waals surface area (Å²) in [6.45, 7) is 9.35. The molecule has 6 heterocycles. The van der Waals surface area contributed by atoms with Crippen LogP contribution in [0.5, 0.6) is 0 Å². The van der Waals surface area contributed by atoms with Gasteiger partial charge in [0.05, 0.1) is 47.1 Å². The number of imidazole rings is 2. The summed E-state index contributed by atoms with van der Waals surface area (Å²) in [5.41, 5.74) is 20.8. The Morgan fingerprint density at radius 1 is 0.727 bits per heavy atom. The van der Waals surface area contributed by atoms with Crippen LogP contribution < -0.4 is 11.5 Å². The highest BCUT2D eigenvalue weighted by atomic mass is 16.3. The number of carbonyl (C=O) groups is 2. The van der Waals surface area contributed by atoms with Crippen molar-refractivity contribution in [2.45, 2.75) is 90.4 Å². The van der Waals surface area contributed by atoms with Crippen LogP contribution in [0.25, 0.3) is 55.3 Å². The summed E-state index contributed by atoms with van der Waals surface area (Å²) in [4.78, 5) is 47.0. The summed E-state index contributed by atoms with van der Waals surface area (Å²) in [6.07, 6.45) is 7.27. The van der Waals surface area contributed by atoms with Crippen LogP contribution in [0.4, 0.5) is 0 Å². The van der Waals surface area contributed by atoms with Gasteiger partial charge in [-0.25, -0.2) is 9.97 Å². The molecule has 3 aliphatic heterocycles. The van der Waals surface area contributed by atoms with Gasteiger partial charge in [-0.15, -0.1) is 0 Å². The van der Waals surface area contributed by atoms with Gasteiger partial charge in [-0.05, 0) is 77.5 Å². The first-order valence-electron chi connectivity index (χ1n) is 19.9. The molecular weight excluding hydrogens is 689 g/mol. The number of hydrogen-bond donors (Lipinski definition) is 4. The number of aryl methyl sites for hydroxylation is 2. The van der Waals surface area contributed by atoms with Crippen LogP contribution in [0.1, 0.15) is 88.6 Å². The zero-order valence-corrected chi connectivity index (χ0v) is 32.1. The molecule has 3 aliphatic rings. The SMILES string of the molecule is CC(C)C(N)C(=O)N1CCC[C@H]1c1ncc(-c2ccc(-c3ccc(-c4ccc5nc([C@@H]6CCCN6C(=O)[C@@H](N)C(C)C)[nH]c5c4)c4c5oc(c34)CC5)cc2)[nH]1. The fraction of sp³-hybridized carbons (Fsp3) is 0.409. The summed E-state index contributed by atoms with van der Waals surface area (Å²) in [5.74, 6) is 3.85. The quantitative estimate of drug-likeness (QED) is 0.120. The number of amides is 2. The predicted molar refractivity (Wildman–Crippen MR) is 215 cm³/mol. The van der Waals surface area contributed by atoms with Gasteiger partial charge in [0.25, 0.3) is 0 Å². The smallest absolute Gasteiger partial charge is 0.240 e. The van der Waals surface area contributed by atoms with E-state index in [2.05, 4.69) is 64.6 Å². The van der Waals surface area contributed by atoms with Gasteiger partial charge in [-0.2, -0.15) is 0 Å². The van der Waals surface area contributed by atoms with Gasteiger partial charge in [0.2, 0.25) is 11.8 Å². The standard InChI is InChI=1S/C44H50N8O3/c1-23(2)39(45)43(53)51-19-5-7-33(51)41-47-22-32(50-41)26-11-9-25(10-12-26)28-14-15-29(38-36-18-17-35(55-36)37(28)38)27-13-16-30-31(21-27)49-42(48-30)34-8-6-20-52(34)44(54)40(46)24(3)4/h9-16,21-24,33-34,39-40H,5-8,17-20,45-46H2,1-4H3,(H,47,50)(H,48,49)/t33-,34-,39?,40-/m0/s1. The summed E-state index contributed by atoms with van der Waals surface area (Å²) in [6, 6.07) is 18.2. The lowest BCUT2D eigenvalue weighted by atomic mass is 9.88. The molecule has 1 unspecified atom stereocenters. The maximum absolute atomic E-state index is 13.2. The first kappa shape index (κ1) is 35.4. The number of fused-ring (bicyclic) bond motifs is 6. The van der Waals surface area contributed by atoms with E-state index in [-0.39, 0.29) is 35.7 Å². The van der Waals surface area contributed by atoms with Crippen molar-refractivity contribution < 1.29 is 14.0 Å². The maximum atomic E-state index is 13.2. The van der Waals surface area contributed by atoms with Crippen molar-refractivity contribution in [1.82, 2.24) is 29.7 Å². The molecular formula is C44H50N8O3. The van der Waals surface area contributed by atoms with Crippen LogP contribution in [0.2, 0.25) is 0 Å². The molecule has 6 aromatic rings. The molecule has 9 rings (SSSR count).